The number of hydrogen-bond donors (Lipinski definition) is 1. The summed E-state index contributed by atoms with van der Waals surface area (Å²) in [6.45, 7) is 0. The maximum Gasteiger partial charge on any atom is 0.243 e. The second-order valence-corrected chi connectivity index (χ2v) is 6.53. The van der Waals surface area contributed by atoms with Crippen molar-refractivity contribution in [3.8, 4) is 0 Å². The molecule has 0 saturated heterocycles. The Bertz CT molecular complexity index is 863. The summed E-state index contributed by atoms with van der Waals surface area (Å²) in [6, 6.07) is 30.0. The quantitative estimate of drug-likeness (QED) is 0.544. The molecule has 0 heterocycles. The molecule has 3 nitrogen and oxygen atoms in total. The Hall–Kier alpha value is -3.20. The summed E-state index contributed by atoms with van der Waals surface area (Å²) in [7, 11) is 0. The fourth-order valence-electron chi connectivity index (χ4n) is 3.24. The third-order valence-electron chi connectivity index (χ3n) is 4.73. The van der Waals surface area contributed by atoms with Gasteiger partial charge in [-0.25, -0.2) is 5.43 Å². The maximum atomic E-state index is 12.5. The lowest BCUT2D eigenvalue weighted by molar-refractivity contribution is -0.122. The fourth-order valence-corrected chi connectivity index (χ4v) is 3.24. The molecular formula is C23H20N2O. The van der Waals surface area contributed by atoms with Crippen LogP contribution in [0.3, 0.4) is 0 Å². The molecule has 0 spiro atoms. The maximum absolute atomic E-state index is 12.5. The molecule has 26 heavy (non-hydrogen) atoms. The summed E-state index contributed by atoms with van der Waals surface area (Å²) in [5, 5.41) is 4.47. The van der Waals surface area contributed by atoms with Crippen molar-refractivity contribution in [2.75, 3.05) is 0 Å². The van der Waals surface area contributed by atoms with Gasteiger partial charge in [-0.15, -0.1) is 0 Å². The first-order chi connectivity index (χ1) is 12.8. The third-order valence-corrected chi connectivity index (χ3v) is 4.73. The number of carbonyl (C=O) groups is 1. The van der Waals surface area contributed by atoms with Gasteiger partial charge in [-0.1, -0.05) is 91.0 Å². The topological polar surface area (TPSA) is 41.5 Å². The number of nitrogens with one attached hydrogen (secondary N) is 1. The van der Waals surface area contributed by atoms with Gasteiger partial charge < -0.3 is 0 Å². The lowest BCUT2D eigenvalue weighted by atomic mass is 10.0. The Morgan fingerprint density at radius 2 is 1.27 bits per heavy atom. The van der Waals surface area contributed by atoms with Gasteiger partial charge in [0.05, 0.1) is 5.71 Å². The molecule has 1 N–H and O–H groups in total. The molecule has 4 rings (SSSR count). The van der Waals surface area contributed by atoms with Gasteiger partial charge in [0.25, 0.3) is 0 Å². The van der Waals surface area contributed by atoms with Gasteiger partial charge >= 0.3 is 0 Å². The molecule has 0 radical (unpaired) electrons. The minimum absolute atomic E-state index is 0.00828. The van der Waals surface area contributed by atoms with Crippen LogP contribution in [0.2, 0.25) is 0 Å². The van der Waals surface area contributed by atoms with Crippen LogP contribution in [0.25, 0.3) is 0 Å². The van der Waals surface area contributed by atoms with Crippen molar-refractivity contribution in [3.05, 3.63) is 108 Å². The van der Waals surface area contributed by atoms with Gasteiger partial charge in [-0.05, 0) is 17.9 Å². The minimum Gasteiger partial charge on any atom is -0.273 e. The van der Waals surface area contributed by atoms with Crippen LogP contribution in [0.4, 0.5) is 0 Å². The third kappa shape index (κ3) is 3.57. The Labute approximate surface area is 153 Å². The van der Waals surface area contributed by atoms with Crippen molar-refractivity contribution in [2.24, 2.45) is 11.0 Å². The van der Waals surface area contributed by atoms with E-state index in [1.165, 1.54) is 5.56 Å². The molecule has 3 aromatic carbocycles. The summed E-state index contributed by atoms with van der Waals surface area (Å²) >= 11 is 0. The number of hydrazone groups is 1. The zero-order chi connectivity index (χ0) is 17.8. The number of amides is 1. The van der Waals surface area contributed by atoms with Crippen LogP contribution in [0.5, 0.6) is 0 Å². The van der Waals surface area contributed by atoms with E-state index in [0.717, 1.165) is 23.3 Å². The molecule has 2 atom stereocenters. The lowest BCUT2D eigenvalue weighted by Crippen LogP contribution is -2.22. The van der Waals surface area contributed by atoms with E-state index in [4.69, 9.17) is 0 Å². The zero-order valence-electron chi connectivity index (χ0n) is 14.4. The Morgan fingerprint density at radius 1 is 0.769 bits per heavy atom. The molecule has 1 saturated carbocycles. The monoisotopic (exact) mass is 340 g/mol. The molecular weight excluding hydrogens is 320 g/mol. The summed E-state index contributed by atoms with van der Waals surface area (Å²) in [5.74, 6) is 0.306. The first-order valence-corrected chi connectivity index (χ1v) is 8.86. The molecule has 0 aromatic heterocycles. The summed E-state index contributed by atoms with van der Waals surface area (Å²) in [5.41, 5.74) is 6.75. The smallest absolute Gasteiger partial charge is 0.243 e. The number of carbonyl (C=O) groups excluding carboxylic acids is 1. The molecule has 0 unspecified atom stereocenters. The molecule has 1 aliphatic carbocycles. The van der Waals surface area contributed by atoms with Crippen molar-refractivity contribution in [1.82, 2.24) is 5.43 Å². The van der Waals surface area contributed by atoms with E-state index < -0.39 is 0 Å². The molecule has 3 aromatic rings. The van der Waals surface area contributed by atoms with Crippen molar-refractivity contribution in [1.29, 1.82) is 0 Å². The number of nitrogens with zero attached hydrogens (tertiary/aromatic N) is 1. The van der Waals surface area contributed by atoms with Crippen LogP contribution in [0.15, 0.2) is 96.1 Å². The second kappa shape index (κ2) is 7.36. The molecule has 1 fully saturated rings. The number of hydrogen-bond acceptors (Lipinski definition) is 2. The normalized spacial score (nSPS) is 18.0. The van der Waals surface area contributed by atoms with E-state index in [9.17, 15) is 4.79 Å². The highest BCUT2D eigenvalue weighted by Crippen LogP contribution is 2.47. The Kier molecular flexibility index (Phi) is 4.61. The van der Waals surface area contributed by atoms with E-state index in [2.05, 4.69) is 22.7 Å². The molecule has 128 valence electrons. The Morgan fingerprint density at radius 3 is 1.81 bits per heavy atom. The zero-order valence-corrected chi connectivity index (χ0v) is 14.4. The van der Waals surface area contributed by atoms with Crippen LogP contribution in [-0.2, 0) is 4.79 Å². The lowest BCUT2D eigenvalue weighted by Gasteiger charge is -2.08. The van der Waals surface area contributed by atoms with Crippen molar-refractivity contribution < 1.29 is 4.79 Å². The largest absolute Gasteiger partial charge is 0.273 e. The van der Waals surface area contributed by atoms with Gasteiger partial charge in [0, 0.05) is 17.0 Å². The molecule has 1 amide bonds. The van der Waals surface area contributed by atoms with Gasteiger partial charge in [0.15, 0.2) is 0 Å². The predicted octanol–water partition coefficient (Wildman–Crippen LogP) is 4.36. The fraction of sp³-hybridized carbons (Fsp3) is 0.130. The summed E-state index contributed by atoms with van der Waals surface area (Å²) in [6.07, 6.45) is 0.886. The van der Waals surface area contributed by atoms with Gasteiger partial charge in [0.2, 0.25) is 5.91 Å². The van der Waals surface area contributed by atoms with Crippen molar-refractivity contribution >= 4 is 11.6 Å². The second-order valence-electron chi connectivity index (χ2n) is 6.53. The molecule has 0 aliphatic heterocycles. The van der Waals surface area contributed by atoms with Gasteiger partial charge in [-0.2, -0.15) is 5.10 Å². The highest BCUT2D eigenvalue weighted by Gasteiger charge is 2.43. The van der Waals surface area contributed by atoms with Gasteiger partial charge in [-0.3, -0.25) is 4.79 Å². The summed E-state index contributed by atoms with van der Waals surface area (Å²) in [4.78, 5) is 12.5. The SMILES string of the molecule is O=C(NN=C(c1ccccc1)c1ccccc1)[C@@H]1C[C@@H]1c1ccccc1. The molecule has 1 aliphatic rings. The molecule has 3 heteroatoms. The van der Waals surface area contributed by atoms with E-state index in [0.29, 0.717) is 5.92 Å². The predicted molar refractivity (Wildman–Crippen MR) is 104 cm³/mol. The van der Waals surface area contributed by atoms with Crippen molar-refractivity contribution in [2.45, 2.75) is 12.3 Å². The van der Waals surface area contributed by atoms with E-state index in [1.807, 2.05) is 78.9 Å². The van der Waals surface area contributed by atoms with E-state index in [1.54, 1.807) is 0 Å². The summed E-state index contributed by atoms with van der Waals surface area (Å²) < 4.78 is 0. The molecule has 0 bridgehead atoms. The minimum atomic E-state index is -0.0109. The highest BCUT2D eigenvalue weighted by atomic mass is 16.2. The van der Waals surface area contributed by atoms with Gasteiger partial charge in [0.1, 0.15) is 0 Å². The standard InChI is InChI=1S/C23H20N2O/c26-23(21-16-20(21)17-10-4-1-5-11-17)25-24-22(18-12-6-2-7-13-18)19-14-8-3-9-15-19/h1-15,20-21H,16H2,(H,25,26)/t20-,21-/m1/s1. The van der Waals surface area contributed by atoms with Crippen LogP contribution in [-0.4, -0.2) is 11.6 Å². The van der Waals surface area contributed by atoms with Crippen LogP contribution < -0.4 is 5.43 Å². The van der Waals surface area contributed by atoms with Crippen LogP contribution in [0.1, 0.15) is 29.0 Å². The van der Waals surface area contributed by atoms with E-state index >= 15 is 0 Å². The average Bonchev–Trinajstić information content (AvgIpc) is 3.51. The number of benzene rings is 3. The Balaban J connectivity index is 1.52. The van der Waals surface area contributed by atoms with Crippen molar-refractivity contribution in [3.63, 3.8) is 0 Å². The average molecular weight is 340 g/mol. The van der Waals surface area contributed by atoms with Crippen LogP contribution in [0, 0.1) is 5.92 Å². The first-order valence-electron chi connectivity index (χ1n) is 8.86. The van der Waals surface area contributed by atoms with Crippen LogP contribution >= 0.6 is 0 Å². The van der Waals surface area contributed by atoms with E-state index in [-0.39, 0.29) is 11.8 Å². The number of rotatable bonds is 5. The highest BCUT2D eigenvalue weighted by molar-refractivity contribution is 6.13. The first kappa shape index (κ1) is 16.3.